The molecule has 0 radical (unpaired) electrons. The normalized spacial score (nSPS) is 12.3. The molecule has 0 aliphatic rings. The number of hydrogen-bond acceptors (Lipinski definition) is 1. The summed E-state index contributed by atoms with van der Waals surface area (Å²) < 4.78 is 8.68. The Morgan fingerprint density at radius 1 is 0.357 bits per heavy atom. The van der Waals surface area contributed by atoms with Crippen molar-refractivity contribution in [2.75, 3.05) is 0 Å². The Balaban J connectivity index is 1.51. The summed E-state index contributed by atoms with van der Waals surface area (Å²) >= 11 is 0. The molecule has 0 aliphatic heterocycles. The van der Waals surface area contributed by atoms with Gasteiger partial charge in [0.2, 0.25) is 0 Å². The second-order valence-corrected chi connectivity index (χ2v) is 11.2. The van der Waals surface area contributed by atoms with E-state index in [1.807, 2.05) is 12.1 Å². The number of benzene rings is 8. The molecule has 2 heterocycles. The van der Waals surface area contributed by atoms with E-state index < -0.39 is 0 Å². The van der Waals surface area contributed by atoms with Crippen LogP contribution >= 0.6 is 0 Å². The summed E-state index contributed by atoms with van der Waals surface area (Å²) in [7, 11) is 0. The molecule has 0 saturated heterocycles. The summed E-state index contributed by atoms with van der Waals surface area (Å²) in [5, 5.41) is 15.2. The summed E-state index contributed by atoms with van der Waals surface area (Å²) in [4.78, 5) is 0. The second-order valence-electron chi connectivity index (χ2n) is 11.2. The Labute approximate surface area is 240 Å². The van der Waals surface area contributed by atoms with Gasteiger partial charge in [-0.3, -0.25) is 0 Å². The van der Waals surface area contributed by atoms with Crippen LogP contribution in [0.3, 0.4) is 0 Å². The monoisotopic (exact) mass is 533 g/mol. The Morgan fingerprint density at radius 2 is 0.881 bits per heavy atom. The van der Waals surface area contributed by atoms with E-state index in [1.165, 1.54) is 64.9 Å². The zero-order valence-electron chi connectivity index (χ0n) is 22.6. The molecule has 0 N–H and O–H groups in total. The summed E-state index contributed by atoms with van der Waals surface area (Å²) in [5.74, 6) is 0. The van der Waals surface area contributed by atoms with Crippen molar-refractivity contribution < 1.29 is 4.42 Å². The predicted octanol–water partition coefficient (Wildman–Crippen LogP) is 11.3. The summed E-state index contributed by atoms with van der Waals surface area (Å²) in [6.07, 6.45) is 0. The molecule has 42 heavy (non-hydrogen) atoms. The molecule has 10 aromatic rings. The van der Waals surface area contributed by atoms with Gasteiger partial charge in [0.25, 0.3) is 0 Å². The molecule has 0 bridgehead atoms. The van der Waals surface area contributed by atoms with Gasteiger partial charge in [-0.2, -0.15) is 0 Å². The van der Waals surface area contributed by atoms with E-state index in [2.05, 4.69) is 132 Å². The Kier molecular flexibility index (Phi) is 4.21. The van der Waals surface area contributed by atoms with Gasteiger partial charge >= 0.3 is 0 Å². The molecule has 0 fully saturated rings. The van der Waals surface area contributed by atoms with Crippen LogP contribution in [0.4, 0.5) is 0 Å². The van der Waals surface area contributed by atoms with Crippen molar-refractivity contribution in [3.8, 4) is 5.69 Å². The van der Waals surface area contributed by atoms with Crippen LogP contribution in [0, 0.1) is 0 Å². The zero-order chi connectivity index (χ0) is 27.4. The minimum atomic E-state index is 0.911. The highest BCUT2D eigenvalue weighted by atomic mass is 16.3. The molecule has 0 saturated carbocycles. The molecule has 0 aliphatic carbocycles. The third-order valence-corrected chi connectivity index (χ3v) is 9.13. The van der Waals surface area contributed by atoms with Crippen LogP contribution in [0.15, 0.2) is 144 Å². The van der Waals surface area contributed by atoms with Crippen molar-refractivity contribution in [3.63, 3.8) is 0 Å². The van der Waals surface area contributed by atoms with E-state index in [-0.39, 0.29) is 0 Å². The molecule has 10 rings (SSSR count). The smallest absolute Gasteiger partial charge is 0.135 e. The van der Waals surface area contributed by atoms with Gasteiger partial charge in [-0.05, 0) is 62.6 Å². The third-order valence-electron chi connectivity index (χ3n) is 9.13. The van der Waals surface area contributed by atoms with E-state index in [0.717, 1.165) is 27.6 Å². The first-order chi connectivity index (χ1) is 20.9. The first kappa shape index (κ1) is 22.1. The molecule has 0 unspecified atom stereocenters. The lowest BCUT2D eigenvalue weighted by Crippen LogP contribution is -1.95. The molecular formula is C40H23NO. The predicted molar refractivity (Wildman–Crippen MR) is 178 cm³/mol. The number of para-hydroxylation sites is 2. The lowest BCUT2D eigenvalue weighted by atomic mass is 9.88. The van der Waals surface area contributed by atoms with Gasteiger partial charge in [-0.15, -0.1) is 0 Å². The number of nitrogens with zero attached hydrogens (tertiary/aromatic N) is 1. The summed E-state index contributed by atoms with van der Waals surface area (Å²) in [6, 6.07) is 50.5. The third kappa shape index (κ3) is 2.74. The minimum absolute atomic E-state index is 0.911. The van der Waals surface area contributed by atoms with E-state index in [4.69, 9.17) is 4.42 Å². The first-order valence-corrected chi connectivity index (χ1v) is 14.5. The maximum absolute atomic E-state index is 6.21. The highest BCUT2D eigenvalue weighted by Crippen LogP contribution is 2.47. The van der Waals surface area contributed by atoms with Crippen molar-refractivity contribution in [1.29, 1.82) is 0 Å². The van der Waals surface area contributed by atoms with Crippen LogP contribution in [-0.2, 0) is 0 Å². The van der Waals surface area contributed by atoms with Gasteiger partial charge in [0.1, 0.15) is 11.2 Å². The molecular weight excluding hydrogens is 510 g/mol. The van der Waals surface area contributed by atoms with Crippen molar-refractivity contribution in [1.82, 2.24) is 4.57 Å². The van der Waals surface area contributed by atoms with Gasteiger partial charge in [-0.1, -0.05) is 109 Å². The molecule has 2 nitrogen and oxygen atoms in total. The van der Waals surface area contributed by atoms with Gasteiger partial charge < -0.3 is 8.98 Å². The molecule has 0 spiro atoms. The SMILES string of the molecule is c1ccc2c(c1)oc1ccc(-n3c4ccccc4c4c5c6ccccc6c6ccccc6c5c5ccccc5c43)cc12. The highest BCUT2D eigenvalue weighted by Gasteiger charge is 2.22. The number of fused-ring (bicyclic) bond motifs is 16. The van der Waals surface area contributed by atoms with Crippen LogP contribution in [0.5, 0.6) is 0 Å². The fourth-order valence-corrected chi connectivity index (χ4v) is 7.46. The fraction of sp³-hybridized carbons (Fsp3) is 0. The average Bonchev–Trinajstić information content (AvgIpc) is 3.60. The lowest BCUT2D eigenvalue weighted by Gasteiger charge is -2.16. The van der Waals surface area contributed by atoms with E-state index in [1.54, 1.807) is 0 Å². The van der Waals surface area contributed by atoms with Gasteiger partial charge in [-0.25, -0.2) is 0 Å². The number of rotatable bonds is 1. The zero-order valence-corrected chi connectivity index (χ0v) is 22.6. The average molecular weight is 534 g/mol. The molecule has 2 heteroatoms. The fourth-order valence-electron chi connectivity index (χ4n) is 7.46. The Morgan fingerprint density at radius 3 is 1.62 bits per heavy atom. The molecule has 2 aromatic heterocycles. The number of hydrogen-bond donors (Lipinski definition) is 0. The Hall–Kier alpha value is -5.60. The van der Waals surface area contributed by atoms with Crippen LogP contribution in [0.2, 0.25) is 0 Å². The van der Waals surface area contributed by atoms with Crippen LogP contribution in [0.25, 0.3) is 92.5 Å². The van der Waals surface area contributed by atoms with Crippen molar-refractivity contribution in [2.45, 2.75) is 0 Å². The van der Waals surface area contributed by atoms with E-state index in [9.17, 15) is 0 Å². The Bertz CT molecular complexity index is 2740. The molecule has 194 valence electrons. The van der Waals surface area contributed by atoms with Crippen molar-refractivity contribution >= 4 is 86.8 Å². The van der Waals surface area contributed by atoms with Crippen molar-refractivity contribution in [2.24, 2.45) is 0 Å². The maximum Gasteiger partial charge on any atom is 0.135 e. The largest absolute Gasteiger partial charge is 0.456 e. The second kappa shape index (κ2) is 7.99. The van der Waals surface area contributed by atoms with Gasteiger partial charge in [0.05, 0.1) is 11.0 Å². The van der Waals surface area contributed by atoms with Gasteiger partial charge in [0.15, 0.2) is 0 Å². The summed E-state index contributed by atoms with van der Waals surface area (Å²) in [6.45, 7) is 0. The summed E-state index contributed by atoms with van der Waals surface area (Å²) in [5.41, 5.74) is 5.41. The van der Waals surface area contributed by atoms with Crippen molar-refractivity contribution in [3.05, 3.63) is 140 Å². The highest BCUT2D eigenvalue weighted by molar-refractivity contribution is 6.42. The van der Waals surface area contributed by atoms with Crippen LogP contribution < -0.4 is 0 Å². The minimum Gasteiger partial charge on any atom is -0.456 e. The molecule has 0 amide bonds. The topological polar surface area (TPSA) is 18.1 Å². The standard InChI is InChI=1S/C40H23NO/c1-3-14-28-25(11-1)26-12-2-4-15-29(26)38-37(28)30-16-5-6-17-31(30)40-39(38)32-18-7-9-19-34(32)41(40)24-21-22-36-33(23-24)27-13-8-10-20-35(27)42-36/h1-23H. The van der Waals surface area contributed by atoms with E-state index >= 15 is 0 Å². The first-order valence-electron chi connectivity index (χ1n) is 14.5. The lowest BCUT2D eigenvalue weighted by molar-refractivity contribution is 0.669. The van der Waals surface area contributed by atoms with Crippen LogP contribution in [-0.4, -0.2) is 4.57 Å². The maximum atomic E-state index is 6.21. The van der Waals surface area contributed by atoms with Crippen LogP contribution in [0.1, 0.15) is 0 Å². The quantitative estimate of drug-likeness (QED) is 0.192. The van der Waals surface area contributed by atoms with E-state index in [0.29, 0.717) is 0 Å². The molecule has 0 atom stereocenters. The van der Waals surface area contributed by atoms with Gasteiger partial charge in [0, 0.05) is 38.0 Å². The number of aromatic nitrogens is 1. The number of furan rings is 1. The molecule has 8 aromatic carbocycles.